The van der Waals surface area contributed by atoms with Gasteiger partial charge >= 0.3 is 19.4 Å². The first-order valence-electron chi connectivity index (χ1n) is 16.6. The minimum atomic E-state index is -3.70. The molecule has 1 N–H and O–H groups in total. The van der Waals surface area contributed by atoms with Crippen LogP contribution in [0.3, 0.4) is 0 Å². The summed E-state index contributed by atoms with van der Waals surface area (Å²) in [6, 6.07) is 0. The van der Waals surface area contributed by atoms with Gasteiger partial charge in [0.2, 0.25) is 6.79 Å². The fourth-order valence-corrected chi connectivity index (χ4v) is 5.88. The van der Waals surface area contributed by atoms with E-state index in [1.165, 1.54) is 93.9 Å². The standard InChI is InChI=1S/C32H56ClN2O9P/c1-4-5-6-7-8-9-10-11-12-13-14-15-16-18-22-40-23-20-24-42-45(39,43-27-41-32(38)44-28(2)3)25-19-17-21-35-26-29(33)30(36)34-31(35)37/h17,19,26,28H,4-16,18,20-25,27H2,1-3H3,(H,34,36,37)/b19-17+. The van der Waals surface area contributed by atoms with Gasteiger partial charge in [0.05, 0.1) is 18.9 Å². The summed E-state index contributed by atoms with van der Waals surface area (Å²) in [4.78, 5) is 37.1. The number of allylic oxidation sites excluding steroid dienone is 2. The molecule has 45 heavy (non-hydrogen) atoms. The summed E-state index contributed by atoms with van der Waals surface area (Å²) in [6.07, 6.45) is 21.7. The minimum Gasteiger partial charge on any atom is -0.432 e. The molecule has 0 amide bonds. The lowest BCUT2D eigenvalue weighted by Crippen LogP contribution is -2.29. The van der Waals surface area contributed by atoms with Crippen molar-refractivity contribution in [1.82, 2.24) is 9.55 Å². The SMILES string of the molecule is CCCCCCCCCCCCCCCCOCCCOP(=O)(C/C=C/Cn1cc(Cl)c(=O)[nH]c1=O)OCOC(=O)OC(C)C. The van der Waals surface area contributed by atoms with Crippen molar-refractivity contribution in [2.75, 3.05) is 32.8 Å². The zero-order chi connectivity index (χ0) is 33.2. The van der Waals surface area contributed by atoms with E-state index >= 15 is 0 Å². The van der Waals surface area contributed by atoms with Gasteiger partial charge in [-0.3, -0.25) is 23.4 Å². The minimum absolute atomic E-state index is 0.0691. The third-order valence-electron chi connectivity index (χ3n) is 6.89. The number of hydrogen-bond donors (Lipinski definition) is 1. The molecule has 0 fully saturated rings. The summed E-state index contributed by atoms with van der Waals surface area (Å²) in [5.74, 6) is 0. The third kappa shape index (κ3) is 22.3. The number of rotatable bonds is 28. The Bertz CT molecular complexity index is 1110. The monoisotopic (exact) mass is 678 g/mol. The van der Waals surface area contributed by atoms with Gasteiger partial charge in [0.15, 0.2) is 0 Å². The Morgan fingerprint density at radius 2 is 1.44 bits per heavy atom. The fourth-order valence-electron chi connectivity index (χ4n) is 4.40. The maximum atomic E-state index is 13.3. The number of aromatic amines is 1. The average Bonchev–Trinajstić information content (AvgIpc) is 2.98. The van der Waals surface area contributed by atoms with Crippen molar-refractivity contribution in [3.05, 3.63) is 44.2 Å². The quantitative estimate of drug-likeness (QED) is 0.0305. The lowest BCUT2D eigenvalue weighted by Gasteiger charge is -2.17. The van der Waals surface area contributed by atoms with E-state index in [-0.39, 0.29) is 30.4 Å². The van der Waals surface area contributed by atoms with Gasteiger partial charge in [-0.1, -0.05) is 114 Å². The molecule has 1 unspecified atom stereocenters. The Kier molecular flexibility index (Phi) is 23.9. The van der Waals surface area contributed by atoms with Gasteiger partial charge in [-0.25, -0.2) is 9.59 Å². The first-order valence-corrected chi connectivity index (χ1v) is 18.7. The molecule has 0 aromatic carbocycles. The van der Waals surface area contributed by atoms with Crippen LogP contribution in [0.15, 0.2) is 27.9 Å². The number of ether oxygens (including phenoxy) is 3. The number of carbonyl (C=O) groups excluding carboxylic acids is 1. The average molecular weight is 679 g/mol. The Morgan fingerprint density at radius 3 is 2.04 bits per heavy atom. The number of hydrogen-bond acceptors (Lipinski definition) is 9. The lowest BCUT2D eigenvalue weighted by atomic mass is 10.0. The van der Waals surface area contributed by atoms with Crippen molar-refractivity contribution in [1.29, 1.82) is 0 Å². The second-order valence-corrected chi connectivity index (χ2v) is 13.9. The van der Waals surface area contributed by atoms with Gasteiger partial charge < -0.3 is 18.7 Å². The first-order chi connectivity index (χ1) is 21.7. The molecule has 0 aliphatic heterocycles. The van der Waals surface area contributed by atoms with Crippen molar-refractivity contribution in [2.24, 2.45) is 0 Å². The molecule has 13 heteroatoms. The van der Waals surface area contributed by atoms with Crippen LogP contribution in [0.5, 0.6) is 0 Å². The molecule has 1 atom stereocenters. The van der Waals surface area contributed by atoms with Gasteiger partial charge in [-0.2, -0.15) is 0 Å². The first kappa shape index (κ1) is 41.1. The number of H-pyrrole nitrogens is 1. The second kappa shape index (κ2) is 26.2. The molecule has 1 aromatic heterocycles. The van der Waals surface area contributed by atoms with Crippen LogP contribution < -0.4 is 11.2 Å². The number of aromatic nitrogens is 2. The van der Waals surface area contributed by atoms with Crippen molar-refractivity contribution < 1.29 is 32.6 Å². The largest absolute Gasteiger partial charge is 0.510 e. The molecule has 0 aliphatic carbocycles. The summed E-state index contributed by atoms with van der Waals surface area (Å²) in [5.41, 5.74) is -1.30. The second-order valence-electron chi connectivity index (χ2n) is 11.4. The van der Waals surface area contributed by atoms with Crippen LogP contribution in [0.2, 0.25) is 5.02 Å². The normalized spacial score (nSPS) is 13.0. The highest BCUT2D eigenvalue weighted by Gasteiger charge is 2.24. The van der Waals surface area contributed by atoms with Crippen LogP contribution in [0.1, 0.15) is 117 Å². The van der Waals surface area contributed by atoms with Gasteiger partial charge in [-0.05, 0) is 26.7 Å². The Hall–Kier alpha value is -1.91. The van der Waals surface area contributed by atoms with Crippen molar-refractivity contribution in [2.45, 2.75) is 130 Å². The molecule has 0 bridgehead atoms. The Labute approximate surface area is 273 Å². The number of nitrogens with zero attached hydrogens (tertiary/aromatic N) is 1. The van der Waals surface area contributed by atoms with Gasteiger partial charge in [-0.15, -0.1) is 0 Å². The molecular weight excluding hydrogens is 623 g/mol. The van der Waals surface area contributed by atoms with E-state index in [1.54, 1.807) is 19.9 Å². The highest BCUT2D eigenvalue weighted by atomic mass is 35.5. The smallest absolute Gasteiger partial charge is 0.432 e. The molecule has 1 aromatic rings. The van der Waals surface area contributed by atoms with E-state index in [9.17, 15) is 18.9 Å². The van der Waals surface area contributed by atoms with Crippen LogP contribution in [0.4, 0.5) is 4.79 Å². The molecule has 11 nitrogen and oxygen atoms in total. The molecule has 1 rings (SSSR count). The third-order valence-corrected chi connectivity index (χ3v) is 8.89. The number of halogens is 1. The molecular formula is C32H56ClN2O9P. The van der Waals surface area contributed by atoms with Gasteiger partial charge in [0.25, 0.3) is 5.56 Å². The summed E-state index contributed by atoms with van der Waals surface area (Å²) in [5, 5.41) is -0.127. The van der Waals surface area contributed by atoms with Crippen LogP contribution in [0, 0.1) is 0 Å². The van der Waals surface area contributed by atoms with Crippen LogP contribution in [-0.2, 0) is 34.4 Å². The van der Waals surface area contributed by atoms with E-state index in [0.29, 0.717) is 19.6 Å². The van der Waals surface area contributed by atoms with E-state index in [2.05, 4.69) is 11.9 Å². The van der Waals surface area contributed by atoms with E-state index in [0.717, 1.165) is 12.8 Å². The summed E-state index contributed by atoms with van der Waals surface area (Å²) < 4.78 is 40.7. The predicted octanol–water partition coefficient (Wildman–Crippen LogP) is 8.38. The van der Waals surface area contributed by atoms with Crippen molar-refractivity contribution in [3.63, 3.8) is 0 Å². The fraction of sp³-hybridized carbons (Fsp3) is 0.781. The molecule has 0 radical (unpaired) electrons. The molecule has 0 saturated heterocycles. The Morgan fingerprint density at radius 1 is 0.867 bits per heavy atom. The Balaban J connectivity index is 2.26. The maximum absolute atomic E-state index is 13.3. The number of nitrogens with one attached hydrogen (secondary N) is 1. The van der Waals surface area contributed by atoms with E-state index < -0.39 is 31.8 Å². The topological polar surface area (TPSA) is 135 Å². The highest BCUT2D eigenvalue weighted by Crippen LogP contribution is 2.48. The maximum Gasteiger partial charge on any atom is 0.510 e. The highest BCUT2D eigenvalue weighted by molar-refractivity contribution is 7.54. The summed E-state index contributed by atoms with van der Waals surface area (Å²) in [7, 11) is -3.70. The van der Waals surface area contributed by atoms with Gasteiger partial charge in [0.1, 0.15) is 5.02 Å². The summed E-state index contributed by atoms with van der Waals surface area (Å²) in [6.45, 7) is 6.31. The molecule has 0 aliphatic rings. The van der Waals surface area contributed by atoms with Crippen LogP contribution in [-0.4, -0.2) is 54.6 Å². The molecule has 0 saturated carbocycles. The molecule has 0 spiro atoms. The van der Waals surface area contributed by atoms with Crippen LogP contribution in [0.25, 0.3) is 0 Å². The number of unbranched alkanes of at least 4 members (excludes halogenated alkanes) is 13. The van der Waals surface area contributed by atoms with Gasteiger partial charge in [0, 0.05) is 26.0 Å². The lowest BCUT2D eigenvalue weighted by molar-refractivity contribution is -0.0130. The zero-order valence-electron chi connectivity index (χ0n) is 27.6. The van der Waals surface area contributed by atoms with E-state index in [4.69, 9.17) is 34.9 Å². The molecule has 1 heterocycles. The van der Waals surface area contributed by atoms with Crippen LogP contribution >= 0.6 is 19.2 Å². The van der Waals surface area contributed by atoms with Crippen molar-refractivity contribution in [3.8, 4) is 0 Å². The zero-order valence-corrected chi connectivity index (χ0v) is 29.3. The van der Waals surface area contributed by atoms with E-state index in [1.807, 2.05) is 0 Å². The molecule has 260 valence electrons. The van der Waals surface area contributed by atoms with Crippen molar-refractivity contribution >= 4 is 25.4 Å². The number of carbonyl (C=O) groups is 1. The predicted molar refractivity (Wildman–Crippen MR) is 178 cm³/mol. The summed E-state index contributed by atoms with van der Waals surface area (Å²) >= 11 is 5.78.